The van der Waals surface area contributed by atoms with Crippen molar-refractivity contribution < 1.29 is 9.13 Å². The molecule has 7 nitrogen and oxygen atoms in total. The van der Waals surface area contributed by atoms with Crippen molar-refractivity contribution in [2.75, 3.05) is 37.0 Å². The van der Waals surface area contributed by atoms with E-state index in [1.165, 1.54) is 6.33 Å². The molecule has 0 aromatic carbocycles. The number of hydrogen-bond donors (Lipinski definition) is 0. The zero-order valence-corrected chi connectivity index (χ0v) is 15.8. The van der Waals surface area contributed by atoms with Gasteiger partial charge in [0.2, 0.25) is 11.8 Å². The van der Waals surface area contributed by atoms with Crippen molar-refractivity contribution in [3.8, 4) is 5.88 Å². The second-order valence-corrected chi connectivity index (χ2v) is 7.28. The van der Waals surface area contributed by atoms with Gasteiger partial charge in [-0.2, -0.15) is 4.98 Å². The van der Waals surface area contributed by atoms with Gasteiger partial charge in [0.25, 0.3) is 0 Å². The maximum atomic E-state index is 15.1. The van der Waals surface area contributed by atoms with E-state index in [4.69, 9.17) is 4.74 Å². The predicted molar refractivity (Wildman–Crippen MR) is 101 cm³/mol. The lowest BCUT2D eigenvalue weighted by atomic mass is 9.82. The highest BCUT2D eigenvalue weighted by molar-refractivity contribution is 5.44. The predicted octanol–water partition coefficient (Wildman–Crippen LogP) is 2.79. The first-order chi connectivity index (χ1) is 13.2. The molecule has 0 spiro atoms. The van der Waals surface area contributed by atoms with E-state index in [1.54, 1.807) is 19.4 Å². The summed E-state index contributed by atoms with van der Waals surface area (Å²) < 4.78 is 20.3. The first-order valence-electron chi connectivity index (χ1n) is 9.52. The number of ether oxygens (including phenoxy) is 1. The van der Waals surface area contributed by atoms with Crippen molar-refractivity contribution >= 4 is 11.8 Å². The van der Waals surface area contributed by atoms with Crippen LogP contribution in [0.5, 0.6) is 5.88 Å². The number of hydrogen-bond acceptors (Lipinski definition) is 7. The Morgan fingerprint density at radius 3 is 2.78 bits per heavy atom. The minimum Gasteiger partial charge on any atom is -0.481 e. The fourth-order valence-corrected chi connectivity index (χ4v) is 3.80. The minimum absolute atomic E-state index is 0.173. The van der Waals surface area contributed by atoms with E-state index < -0.39 is 0 Å². The lowest BCUT2D eigenvalue weighted by molar-refractivity contribution is 0.390. The van der Waals surface area contributed by atoms with Crippen molar-refractivity contribution in [1.82, 2.24) is 19.9 Å². The minimum atomic E-state index is -0.247. The Kier molecular flexibility index (Phi) is 5.05. The lowest BCUT2D eigenvalue weighted by Crippen LogP contribution is -2.47. The number of nitrogens with zero attached hydrogens (tertiary/aromatic N) is 6. The van der Waals surface area contributed by atoms with Crippen molar-refractivity contribution in [3.63, 3.8) is 0 Å². The largest absolute Gasteiger partial charge is 0.481 e. The van der Waals surface area contributed by atoms with Gasteiger partial charge in [0, 0.05) is 44.4 Å². The van der Waals surface area contributed by atoms with E-state index >= 15 is 4.39 Å². The molecule has 0 amide bonds. The van der Waals surface area contributed by atoms with E-state index in [0.717, 1.165) is 38.6 Å². The summed E-state index contributed by atoms with van der Waals surface area (Å²) in [6.45, 7) is 1.47. The summed E-state index contributed by atoms with van der Waals surface area (Å²) >= 11 is 0. The summed E-state index contributed by atoms with van der Waals surface area (Å²) in [5.41, 5.74) is 0.581. The van der Waals surface area contributed by atoms with Gasteiger partial charge in [0.1, 0.15) is 6.33 Å². The van der Waals surface area contributed by atoms with Crippen LogP contribution in [-0.4, -0.2) is 53.2 Å². The monoisotopic (exact) mass is 372 g/mol. The lowest BCUT2D eigenvalue weighted by Gasteiger charge is -2.38. The Morgan fingerprint density at radius 1 is 1.19 bits per heavy atom. The van der Waals surface area contributed by atoms with Crippen molar-refractivity contribution in [2.45, 2.75) is 44.1 Å². The fourth-order valence-electron chi connectivity index (χ4n) is 3.80. The van der Waals surface area contributed by atoms with Gasteiger partial charge < -0.3 is 14.5 Å². The summed E-state index contributed by atoms with van der Waals surface area (Å²) in [5.74, 6) is 1.57. The maximum Gasteiger partial charge on any atom is 0.228 e. The van der Waals surface area contributed by atoms with Crippen molar-refractivity contribution in [2.24, 2.45) is 0 Å². The molecule has 1 atom stereocenters. The van der Waals surface area contributed by atoms with Gasteiger partial charge in [0.05, 0.1) is 12.8 Å². The summed E-state index contributed by atoms with van der Waals surface area (Å²) in [4.78, 5) is 21.3. The maximum absolute atomic E-state index is 15.1. The molecule has 27 heavy (non-hydrogen) atoms. The van der Waals surface area contributed by atoms with Crippen LogP contribution in [0.2, 0.25) is 0 Å². The van der Waals surface area contributed by atoms with E-state index in [0.29, 0.717) is 29.9 Å². The molecule has 144 valence electrons. The normalized spacial score (nSPS) is 20.3. The molecule has 1 aliphatic heterocycles. The molecular formula is C19H25FN6O. The van der Waals surface area contributed by atoms with E-state index in [-0.39, 0.29) is 17.8 Å². The molecule has 1 saturated heterocycles. The summed E-state index contributed by atoms with van der Waals surface area (Å²) in [7, 11) is 3.56. The summed E-state index contributed by atoms with van der Waals surface area (Å²) in [6.07, 6.45) is 8.34. The molecule has 8 heteroatoms. The Labute approximate surface area is 158 Å². The molecule has 0 bridgehead atoms. The van der Waals surface area contributed by atoms with Crippen LogP contribution < -0.4 is 14.5 Å². The molecule has 1 unspecified atom stereocenters. The molecule has 4 rings (SSSR count). The topological polar surface area (TPSA) is 67.3 Å². The SMILES string of the molecule is COc1ccnc(N(C)C2CCCN(c3ncnc(C4CCC4)c3F)C2)n1. The average Bonchev–Trinajstić information content (AvgIpc) is 2.68. The third-order valence-corrected chi connectivity index (χ3v) is 5.68. The Balaban J connectivity index is 1.53. The highest BCUT2D eigenvalue weighted by Crippen LogP contribution is 2.38. The van der Waals surface area contributed by atoms with Crippen LogP contribution in [-0.2, 0) is 0 Å². The number of likely N-dealkylation sites (N-methyl/N-ethyl adjacent to an activating group) is 1. The number of halogens is 1. The standard InChI is InChI=1S/C19H25FN6O/c1-25(19-21-9-8-15(24-19)27-2)14-7-4-10-26(11-14)18-16(20)17(22-12-23-18)13-5-3-6-13/h8-9,12-14H,3-7,10-11H2,1-2H3. The van der Waals surface area contributed by atoms with Crippen molar-refractivity contribution in [1.29, 1.82) is 0 Å². The summed E-state index contributed by atoms with van der Waals surface area (Å²) in [5, 5.41) is 0. The number of anilines is 2. The van der Waals surface area contributed by atoms with E-state index in [9.17, 15) is 0 Å². The number of piperidine rings is 1. The molecule has 2 fully saturated rings. The van der Waals surface area contributed by atoms with Crippen LogP contribution in [0.4, 0.5) is 16.2 Å². The fraction of sp³-hybridized carbons (Fsp3) is 0.579. The third-order valence-electron chi connectivity index (χ3n) is 5.68. The van der Waals surface area contributed by atoms with Crippen LogP contribution >= 0.6 is 0 Å². The highest BCUT2D eigenvalue weighted by atomic mass is 19.1. The van der Waals surface area contributed by atoms with E-state index in [2.05, 4.69) is 19.9 Å². The number of methoxy groups -OCH3 is 1. The Morgan fingerprint density at radius 2 is 2.04 bits per heavy atom. The quantitative estimate of drug-likeness (QED) is 0.799. The molecule has 1 saturated carbocycles. The molecule has 2 aromatic heterocycles. The molecule has 2 aliphatic rings. The van der Waals surface area contributed by atoms with Crippen LogP contribution in [0, 0.1) is 5.82 Å². The van der Waals surface area contributed by atoms with Gasteiger partial charge in [-0.05, 0) is 25.7 Å². The second kappa shape index (κ2) is 7.62. The number of aromatic nitrogens is 4. The molecular weight excluding hydrogens is 347 g/mol. The van der Waals surface area contributed by atoms with Crippen molar-refractivity contribution in [3.05, 3.63) is 30.1 Å². The number of rotatable bonds is 5. The molecule has 0 N–H and O–H groups in total. The van der Waals surface area contributed by atoms with Gasteiger partial charge in [-0.1, -0.05) is 6.42 Å². The van der Waals surface area contributed by atoms with Crippen LogP contribution in [0.1, 0.15) is 43.7 Å². The average molecular weight is 372 g/mol. The van der Waals surface area contributed by atoms with Gasteiger partial charge >= 0.3 is 0 Å². The van der Waals surface area contributed by atoms with Crippen LogP contribution in [0.15, 0.2) is 18.6 Å². The zero-order valence-electron chi connectivity index (χ0n) is 15.8. The first kappa shape index (κ1) is 17.9. The van der Waals surface area contributed by atoms with Crippen LogP contribution in [0.25, 0.3) is 0 Å². The first-order valence-corrected chi connectivity index (χ1v) is 9.52. The Bertz CT molecular complexity index is 800. The van der Waals surface area contributed by atoms with Gasteiger partial charge in [-0.3, -0.25) is 0 Å². The molecule has 2 aromatic rings. The third kappa shape index (κ3) is 3.52. The van der Waals surface area contributed by atoms with Gasteiger partial charge in [0.15, 0.2) is 11.6 Å². The molecule has 0 radical (unpaired) electrons. The summed E-state index contributed by atoms with van der Waals surface area (Å²) in [6, 6.07) is 1.90. The smallest absolute Gasteiger partial charge is 0.228 e. The molecule has 3 heterocycles. The zero-order chi connectivity index (χ0) is 18.8. The van der Waals surface area contributed by atoms with Crippen LogP contribution in [0.3, 0.4) is 0 Å². The highest BCUT2D eigenvalue weighted by Gasteiger charge is 2.31. The molecule has 1 aliphatic carbocycles. The van der Waals surface area contributed by atoms with Gasteiger partial charge in [-0.25, -0.2) is 19.3 Å². The van der Waals surface area contributed by atoms with Gasteiger partial charge in [-0.15, -0.1) is 0 Å². The Hall–Kier alpha value is -2.51. The second-order valence-electron chi connectivity index (χ2n) is 7.28. The van der Waals surface area contributed by atoms with E-state index in [1.807, 2.05) is 16.8 Å².